The fraction of sp³-hybridized carbons (Fsp3) is 0.368. The number of benzene rings is 1. The van der Waals surface area contributed by atoms with E-state index in [-0.39, 0.29) is 23.2 Å². The van der Waals surface area contributed by atoms with Crippen molar-refractivity contribution >= 4 is 22.8 Å². The number of rotatable bonds is 2. The first kappa shape index (κ1) is 16.4. The third-order valence-corrected chi connectivity index (χ3v) is 6.55. The van der Waals surface area contributed by atoms with E-state index in [2.05, 4.69) is 16.0 Å². The lowest BCUT2D eigenvalue weighted by Gasteiger charge is -2.35. The van der Waals surface area contributed by atoms with E-state index in [0.29, 0.717) is 11.1 Å². The smallest absolute Gasteiger partial charge is 0.310 e. The molecular formula is C19H17N5O2S. The zero-order valence-electron chi connectivity index (χ0n) is 14.5. The minimum absolute atomic E-state index is 0.0149. The second-order valence-electron chi connectivity index (χ2n) is 7.15. The highest BCUT2D eigenvalue weighted by Crippen LogP contribution is 2.43. The number of nitriles is 1. The number of hydrogen-bond acceptors (Lipinski definition) is 5. The lowest BCUT2D eigenvalue weighted by molar-refractivity contribution is 0.256. The molecule has 0 atom stereocenters. The highest BCUT2D eigenvalue weighted by atomic mass is 32.2. The fourth-order valence-corrected chi connectivity index (χ4v) is 5.02. The van der Waals surface area contributed by atoms with Gasteiger partial charge in [-0.05, 0) is 43.2 Å². The van der Waals surface area contributed by atoms with Crippen LogP contribution in [0.1, 0.15) is 47.4 Å². The van der Waals surface area contributed by atoms with E-state index in [1.54, 1.807) is 28.5 Å². The van der Waals surface area contributed by atoms with Gasteiger partial charge in [-0.15, -0.1) is 0 Å². The minimum atomic E-state index is -0.160. The van der Waals surface area contributed by atoms with Crippen molar-refractivity contribution in [2.75, 3.05) is 5.75 Å². The molecule has 7 nitrogen and oxygen atoms in total. The number of aromatic nitrogens is 4. The first-order valence-corrected chi connectivity index (χ1v) is 10.1. The highest BCUT2D eigenvalue weighted by molar-refractivity contribution is 7.98. The summed E-state index contributed by atoms with van der Waals surface area (Å²) < 4.78 is 1.76. The van der Waals surface area contributed by atoms with Crippen molar-refractivity contribution in [3.8, 4) is 6.07 Å². The van der Waals surface area contributed by atoms with Crippen molar-refractivity contribution in [3.05, 3.63) is 61.7 Å². The van der Waals surface area contributed by atoms with Crippen LogP contribution in [0, 0.1) is 11.3 Å². The zero-order chi connectivity index (χ0) is 18.5. The number of aromatic amines is 2. The van der Waals surface area contributed by atoms with Gasteiger partial charge in [0.05, 0.1) is 28.4 Å². The molecule has 2 aliphatic rings. The average Bonchev–Trinajstić information content (AvgIpc) is 2.96. The fourth-order valence-electron chi connectivity index (χ4n) is 4.04. The van der Waals surface area contributed by atoms with Crippen molar-refractivity contribution in [1.82, 2.24) is 19.5 Å². The maximum absolute atomic E-state index is 12.4. The van der Waals surface area contributed by atoms with Crippen molar-refractivity contribution in [3.63, 3.8) is 0 Å². The largest absolute Gasteiger partial charge is 0.326 e. The number of fused-ring (bicyclic) bond motifs is 2. The van der Waals surface area contributed by atoms with Crippen molar-refractivity contribution in [2.45, 2.75) is 37.0 Å². The third-order valence-electron chi connectivity index (χ3n) is 5.56. The molecule has 1 aliphatic heterocycles. The van der Waals surface area contributed by atoms with Gasteiger partial charge in [-0.25, -0.2) is 9.78 Å². The zero-order valence-corrected chi connectivity index (χ0v) is 15.3. The van der Waals surface area contributed by atoms with E-state index in [1.165, 1.54) is 0 Å². The summed E-state index contributed by atoms with van der Waals surface area (Å²) in [7, 11) is 0. The van der Waals surface area contributed by atoms with Crippen LogP contribution in [0.3, 0.4) is 0 Å². The van der Waals surface area contributed by atoms with Crippen LogP contribution in [0.5, 0.6) is 0 Å². The van der Waals surface area contributed by atoms with Crippen molar-refractivity contribution in [1.29, 1.82) is 5.26 Å². The summed E-state index contributed by atoms with van der Waals surface area (Å²) in [4.78, 5) is 35.3. The van der Waals surface area contributed by atoms with Gasteiger partial charge in [0.25, 0.3) is 5.56 Å². The molecule has 1 aliphatic carbocycles. The maximum atomic E-state index is 12.4. The quantitative estimate of drug-likeness (QED) is 0.710. The molecular weight excluding hydrogens is 362 g/mol. The Morgan fingerprint density at radius 2 is 2.11 bits per heavy atom. The number of nitrogens with one attached hydrogen (secondary N) is 2. The highest BCUT2D eigenvalue weighted by Gasteiger charge is 2.35. The molecule has 8 heteroatoms. The second kappa shape index (κ2) is 6.13. The molecule has 27 heavy (non-hydrogen) atoms. The third kappa shape index (κ3) is 2.61. The number of nitrogens with zero attached hydrogens (tertiary/aromatic N) is 3. The molecule has 0 unspecified atom stereocenters. The molecule has 1 fully saturated rings. The molecule has 136 valence electrons. The summed E-state index contributed by atoms with van der Waals surface area (Å²) in [5.74, 6) is 2.66. The van der Waals surface area contributed by atoms with Gasteiger partial charge in [0.1, 0.15) is 5.82 Å². The topological polar surface area (TPSA) is 107 Å². The standard InChI is InChI=1S/C19H17N5O2S/c20-8-10-1-2-16-15(5-10)22-19(26)24(16)12-6-11(7-12)17-21-14-3-4-27-9-13(14)18(25)23-17/h1-2,5,11-12H,3-4,6-7,9H2,(H,22,26)(H,21,23,25)/t11-,12-. The number of hydrogen-bond donors (Lipinski definition) is 2. The van der Waals surface area contributed by atoms with Gasteiger partial charge in [0.2, 0.25) is 0 Å². The van der Waals surface area contributed by atoms with Gasteiger partial charge in [0.15, 0.2) is 0 Å². The Kier molecular flexibility index (Phi) is 3.72. The molecule has 0 saturated heterocycles. The van der Waals surface area contributed by atoms with Crippen LogP contribution in [0.15, 0.2) is 27.8 Å². The van der Waals surface area contributed by atoms with E-state index in [0.717, 1.165) is 53.4 Å². The van der Waals surface area contributed by atoms with E-state index >= 15 is 0 Å². The normalized spacial score (nSPS) is 21.4. The number of aryl methyl sites for hydroxylation is 1. The molecule has 2 N–H and O–H groups in total. The lowest BCUT2D eigenvalue weighted by Crippen LogP contribution is -2.34. The molecule has 5 rings (SSSR count). The van der Waals surface area contributed by atoms with Gasteiger partial charge in [-0.2, -0.15) is 17.0 Å². The monoisotopic (exact) mass is 379 g/mol. The van der Waals surface area contributed by atoms with Crippen LogP contribution < -0.4 is 11.2 Å². The summed E-state index contributed by atoms with van der Waals surface area (Å²) in [6.07, 6.45) is 2.38. The van der Waals surface area contributed by atoms with Crippen LogP contribution in [0.25, 0.3) is 11.0 Å². The van der Waals surface area contributed by atoms with Gasteiger partial charge in [0, 0.05) is 23.3 Å². The number of thioether (sulfide) groups is 1. The Labute approximate surface area is 158 Å². The Hall–Kier alpha value is -2.79. The Bertz CT molecular complexity index is 1210. The van der Waals surface area contributed by atoms with Gasteiger partial charge in [-0.1, -0.05) is 0 Å². The summed E-state index contributed by atoms with van der Waals surface area (Å²) in [5.41, 5.74) is 3.59. The van der Waals surface area contributed by atoms with Crippen LogP contribution >= 0.6 is 11.8 Å². The van der Waals surface area contributed by atoms with Crippen LogP contribution in [0.4, 0.5) is 0 Å². The molecule has 0 bridgehead atoms. The maximum Gasteiger partial charge on any atom is 0.326 e. The molecule has 0 spiro atoms. The first-order valence-electron chi connectivity index (χ1n) is 8.98. The average molecular weight is 379 g/mol. The molecule has 0 radical (unpaired) electrons. The molecule has 3 heterocycles. The lowest BCUT2D eigenvalue weighted by atomic mass is 9.79. The van der Waals surface area contributed by atoms with E-state index in [4.69, 9.17) is 10.2 Å². The molecule has 3 aromatic rings. The van der Waals surface area contributed by atoms with Crippen LogP contribution in [-0.2, 0) is 12.2 Å². The van der Waals surface area contributed by atoms with Crippen molar-refractivity contribution < 1.29 is 0 Å². The summed E-state index contributed by atoms with van der Waals surface area (Å²) in [6.45, 7) is 0. The van der Waals surface area contributed by atoms with Crippen molar-refractivity contribution in [2.24, 2.45) is 0 Å². The molecule has 1 saturated carbocycles. The minimum Gasteiger partial charge on any atom is -0.310 e. The summed E-state index contributed by atoms with van der Waals surface area (Å²) in [6, 6.07) is 7.40. The summed E-state index contributed by atoms with van der Waals surface area (Å²) in [5, 5.41) is 9.02. The predicted octanol–water partition coefficient (Wildman–Crippen LogP) is 2.19. The van der Waals surface area contributed by atoms with Gasteiger partial charge in [-0.3, -0.25) is 9.36 Å². The molecule has 1 aromatic carbocycles. The number of imidazole rings is 1. The summed E-state index contributed by atoms with van der Waals surface area (Å²) >= 11 is 1.77. The second-order valence-corrected chi connectivity index (χ2v) is 8.25. The Balaban J connectivity index is 1.43. The Morgan fingerprint density at radius 1 is 1.26 bits per heavy atom. The van der Waals surface area contributed by atoms with E-state index < -0.39 is 0 Å². The van der Waals surface area contributed by atoms with E-state index in [1.807, 2.05) is 6.07 Å². The Morgan fingerprint density at radius 3 is 2.93 bits per heavy atom. The van der Waals surface area contributed by atoms with Gasteiger partial charge >= 0.3 is 5.69 Å². The molecule has 2 aromatic heterocycles. The molecule has 0 amide bonds. The number of H-pyrrole nitrogens is 2. The first-order chi connectivity index (χ1) is 13.1. The van der Waals surface area contributed by atoms with E-state index in [9.17, 15) is 9.59 Å². The van der Waals surface area contributed by atoms with Gasteiger partial charge < -0.3 is 9.97 Å². The van der Waals surface area contributed by atoms with Crippen LogP contribution in [-0.4, -0.2) is 25.3 Å². The SMILES string of the molecule is N#Cc1ccc2c(c1)[nH]c(=O)n2[C@H]1C[C@H](c2nc3c(c(=O)[nH]2)CSCC3)C1. The predicted molar refractivity (Wildman–Crippen MR) is 103 cm³/mol. The van der Waals surface area contributed by atoms with Crippen LogP contribution in [0.2, 0.25) is 0 Å².